The molecule has 0 saturated carbocycles. The highest BCUT2D eigenvalue weighted by Crippen LogP contribution is 2.45. The van der Waals surface area contributed by atoms with Crippen molar-refractivity contribution in [2.75, 3.05) is 6.54 Å². The molecule has 7 heteroatoms. The smallest absolute Gasteiger partial charge is 0.410 e. The molecule has 3 aliphatic carbocycles. The first-order valence-electron chi connectivity index (χ1n) is 11.8. The summed E-state index contributed by atoms with van der Waals surface area (Å²) in [6, 6.07) is -0.251. The standard InChI is InChI=1S/C27H27ClN3O3/c1-27(2,3)34-26(32)31-10-4-5-22(31)25-29-21-9-6-15-12-20-18-8-7-17(28)11-16(18)14-33-23(20)13-19(15)24(21)30-25/h6-9,11-14,18-19,22,24H,4-5,10H2,1-3H3. The number of rotatable bonds is 1. The number of halogens is 1. The van der Waals surface area contributed by atoms with Gasteiger partial charge < -0.3 is 9.47 Å². The zero-order chi connectivity index (χ0) is 23.6. The Bertz CT molecular complexity index is 1210. The van der Waals surface area contributed by atoms with Gasteiger partial charge in [0.15, 0.2) is 0 Å². The van der Waals surface area contributed by atoms with Crippen molar-refractivity contribution < 1.29 is 14.3 Å². The number of hydrogen-bond donors (Lipinski definition) is 0. The van der Waals surface area contributed by atoms with Gasteiger partial charge in [-0.3, -0.25) is 10.2 Å². The lowest BCUT2D eigenvalue weighted by Crippen LogP contribution is -2.46. The Morgan fingerprint density at radius 2 is 2.09 bits per heavy atom. The lowest BCUT2D eigenvalue weighted by molar-refractivity contribution is 0.0264. The van der Waals surface area contributed by atoms with Crippen LogP contribution in [0.3, 0.4) is 0 Å². The van der Waals surface area contributed by atoms with E-state index >= 15 is 0 Å². The van der Waals surface area contributed by atoms with Crippen LogP contribution in [0.25, 0.3) is 0 Å². The van der Waals surface area contributed by atoms with E-state index in [0.29, 0.717) is 11.6 Å². The Hall–Kier alpha value is -2.99. The first kappa shape index (κ1) is 21.5. The molecule has 1 saturated heterocycles. The van der Waals surface area contributed by atoms with Crippen molar-refractivity contribution in [3.63, 3.8) is 0 Å². The number of allylic oxidation sites excluding steroid dienone is 9. The summed E-state index contributed by atoms with van der Waals surface area (Å²) >= 11 is 6.18. The third-order valence-corrected chi connectivity index (χ3v) is 7.11. The van der Waals surface area contributed by atoms with Crippen LogP contribution in [0.5, 0.6) is 0 Å². The topological polar surface area (TPSA) is 65.2 Å². The minimum Gasteiger partial charge on any atom is -0.465 e. The highest BCUT2D eigenvalue weighted by atomic mass is 35.5. The SMILES string of the molecule is CC(C)(C)OC(=O)N1CCCC1C1=NC2=CC=C3C=C4C(=CC3C2[N]1)OC=C1C=C(Cl)C=CC14. The molecule has 3 aliphatic heterocycles. The second kappa shape index (κ2) is 7.77. The maximum absolute atomic E-state index is 12.8. The van der Waals surface area contributed by atoms with Crippen LogP contribution in [-0.4, -0.2) is 41.1 Å². The molecule has 3 heterocycles. The van der Waals surface area contributed by atoms with Crippen molar-refractivity contribution in [2.45, 2.75) is 51.3 Å². The molecule has 6 aliphatic rings. The van der Waals surface area contributed by atoms with Gasteiger partial charge in [0.2, 0.25) is 0 Å². The third-order valence-electron chi connectivity index (χ3n) is 6.87. The Kier molecular flexibility index (Phi) is 4.92. The van der Waals surface area contributed by atoms with Crippen LogP contribution in [-0.2, 0) is 9.47 Å². The summed E-state index contributed by atoms with van der Waals surface area (Å²) in [6.07, 6.45) is 17.9. The molecule has 6 rings (SSSR count). The molecule has 0 aromatic rings. The van der Waals surface area contributed by atoms with Crippen LogP contribution < -0.4 is 5.32 Å². The fourth-order valence-corrected chi connectivity index (χ4v) is 5.56. The van der Waals surface area contributed by atoms with E-state index in [1.165, 1.54) is 5.57 Å². The van der Waals surface area contributed by atoms with Crippen LogP contribution in [0.2, 0.25) is 0 Å². The molecule has 0 spiro atoms. The highest BCUT2D eigenvalue weighted by Gasteiger charge is 2.44. The maximum atomic E-state index is 12.8. The molecule has 0 aromatic heterocycles. The van der Waals surface area contributed by atoms with Gasteiger partial charge in [-0.05, 0) is 63.5 Å². The predicted octanol–water partition coefficient (Wildman–Crippen LogP) is 5.26. The quantitative estimate of drug-likeness (QED) is 0.518. The van der Waals surface area contributed by atoms with Crippen molar-refractivity contribution in [3.8, 4) is 0 Å². The van der Waals surface area contributed by atoms with Gasteiger partial charge in [-0.25, -0.2) is 9.79 Å². The number of amidine groups is 1. The molecule has 1 radical (unpaired) electrons. The minimum absolute atomic E-state index is 0.0537. The van der Waals surface area contributed by atoms with Gasteiger partial charge in [-0.1, -0.05) is 29.8 Å². The number of carbonyl (C=O) groups is 1. The summed E-state index contributed by atoms with van der Waals surface area (Å²) in [5.41, 5.74) is 3.80. The van der Waals surface area contributed by atoms with Crippen LogP contribution in [0, 0.1) is 11.8 Å². The highest BCUT2D eigenvalue weighted by molar-refractivity contribution is 6.31. The van der Waals surface area contributed by atoms with Gasteiger partial charge in [0, 0.05) is 34.6 Å². The van der Waals surface area contributed by atoms with Gasteiger partial charge in [0.05, 0.1) is 18.0 Å². The molecule has 34 heavy (non-hydrogen) atoms. The second-order valence-corrected chi connectivity index (χ2v) is 10.8. The zero-order valence-corrected chi connectivity index (χ0v) is 20.2. The van der Waals surface area contributed by atoms with Crippen LogP contribution >= 0.6 is 11.6 Å². The van der Waals surface area contributed by atoms with E-state index in [2.05, 4.69) is 30.4 Å². The van der Waals surface area contributed by atoms with Gasteiger partial charge in [-0.2, -0.15) is 0 Å². The number of aliphatic imine (C=N–C) groups is 1. The molecular weight excluding hydrogens is 450 g/mol. The molecule has 0 bridgehead atoms. The zero-order valence-electron chi connectivity index (χ0n) is 19.5. The Labute approximate surface area is 204 Å². The van der Waals surface area contributed by atoms with E-state index in [0.717, 1.165) is 41.3 Å². The normalized spacial score (nSPS) is 31.1. The van der Waals surface area contributed by atoms with Crippen molar-refractivity contribution in [1.29, 1.82) is 0 Å². The molecule has 0 N–H and O–H groups in total. The van der Waals surface area contributed by atoms with E-state index < -0.39 is 5.60 Å². The predicted molar refractivity (Wildman–Crippen MR) is 131 cm³/mol. The summed E-state index contributed by atoms with van der Waals surface area (Å²) in [5.74, 6) is 1.79. The summed E-state index contributed by atoms with van der Waals surface area (Å²) in [7, 11) is 0. The van der Waals surface area contributed by atoms with Crippen molar-refractivity contribution in [1.82, 2.24) is 10.2 Å². The van der Waals surface area contributed by atoms with Crippen molar-refractivity contribution >= 4 is 23.5 Å². The monoisotopic (exact) mass is 476 g/mol. The second-order valence-electron chi connectivity index (χ2n) is 10.4. The fraction of sp³-hybridized carbons (Fsp3) is 0.407. The number of hydrogen-bond acceptors (Lipinski definition) is 4. The molecule has 4 unspecified atom stereocenters. The average molecular weight is 477 g/mol. The molecule has 6 nitrogen and oxygen atoms in total. The van der Waals surface area contributed by atoms with E-state index in [-0.39, 0.29) is 30.0 Å². The Morgan fingerprint density at radius 3 is 2.91 bits per heavy atom. The lowest BCUT2D eigenvalue weighted by atomic mass is 9.76. The van der Waals surface area contributed by atoms with Crippen LogP contribution in [0.4, 0.5) is 4.79 Å². The summed E-state index contributed by atoms with van der Waals surface area (Å²) in [6.45, 7) is 6.32. The fourth-order valence-electron chi connectivity index (χ4n) is 5.36. The van der Waals surface area contributed by atoms with Crippen LogP contribution in [0.15, 0.2) is 87.0 Å². The molecule has 0 aromatic carbocycles. The molecule has 175 valence electrons. The molecule has 4 atom stereocenters. The van der Waals surface area contributed by atoms with Gasteiger partial charge in [-0.15, -0.1) is 0 Å². The number of fused-ring (bicyclic) bond motifs is 6. The van der Waals surface area contributed by atoms with Gasteiger partial charge in [0.1, 0.15) is 23.2 Å². The molecule has 1 fully saturated rings. The number of nitrogens with zero attached hydrogens (tertiary/aromatic N) is 3. The van der Waals surface area contributed by atoms with E-state index in [4.69, 9.17) is 31.4 Å². The first-order valence-corrected chi connectivity index (χ1v) is 12.2. The Morgan fingerprint density at radius 1 is 1.24 bits per heavy atom. The number of likely N-dealkylation sites (tertiary alicyclic amines) is 1. The van der Waals surface area contributed by atoms with Crippen LogP contribution in [0.1, 0.15) is 33.6 Å². The molecular formula is C27H27ClN3O3. The van der Waals surface area contributed by atoms with E-state index in [9.17, 15) is 4.79 Å². The van der Waals surface area contributed by atoms with E-state index in [1.54, 1.807) is 11.2 Å². The number of carbonyl (C=O) groups excluding carboxylic acids is 1. The summed E-state index contributed by atoms with van der Waals surface area (Å²) < 4.78 is 11.7. The minimum atomic E-state index is -0.532. The first-order chi connectivity index (χ1) is 16.3. The largest absolute Gasteiger partial charge is 0.465 e. The number of ether oxygens (including phenoxy) is 2. The van der Waals surface area contributed by atoms with Crippen molar-refractivity contribution in [2.24, 2.45) is 16.8 Å². The van der Waals surface area contributed by atoms with Gasteiger partial charge in [0.25, 0.3) is 0 Å². The van der Waals surface area contributed by atoms with E-state index in [1.807, 2.05) is 32.9 Å². The average Bonchev–Trinajstić information content (AvgIpc) is 3.43. The lowest BCUT2D eigenvalue weighted by Gasteiger charge is -2.34. The van der Waals surface area contributed by atoms with Crippen molar-refractivity contribution in [3.05, 3.63) is 82.0 Å². The number of amides is 1. The summed E-state index contributed by atoms with van der Waals surface area (Å²) in [5, 5.41) is 5.75. The Balaban J connectivity index is 1.25. The maximum Gasteiger partial charge on any atom is 0.410 e. The third kappa shape index (κ3) is 3.65. The van der Waals surface area contributed by atoms with Gasteiger partial charge >= 0.3 is 6.09 Å². The molecule has 1 amide bonds. The summed E-state index contributed by atoms with van der Waals surface area (Å²) in [4.78, 5) is 19.4.